The number of pyridine rings is 1. The van der Waals surface area contributed by atoms with E-state index in [9.17, 15) is 0 Å². The lowest BCUT2D eigenvalue weighted by Gasteiger charge is -2.05. The van der Waals surface area contributed by atoms with Gasteiger partial charge < -0.3 is 0 Å². The van der Waals surface area contributed by atoms with Crippen molar-refractivity contribution in [2.45, 2.75) is 10.1 Å². The average molecular weight is 288 g/mol. The zero-order valence-electron chi connectivity index (χ0n) is 8.39. The van der Waals surface area contributed by atoms with Gasteiger partial charge in [-0.3, -0.25) is 5.43 Å². The van der Waals surface area contributed by atoms with Crippen molar-refractivity contribution in [2.24, 2.45) is 5.84 Å². The van der Waals surface area contributed by atoms with Gasteiger partial charge in [-0.05, 0) is 23.9 Å². The number of aromatic nitrogens is 3. The fourth-order valence-electron chi connectivity index (χ4n) is 1.03. The molecule has 0 aromatic carbocycles. The van der Waals surface area contributed by atoms with E-state index < -0.39 is 0 Å². The molecule has 0 atom stereocenters. The molecule has 0 spiro atoms. The second kappa shape index (κ2) is 5.50. The van der Waals surface area contributed by atoms with Gasteiger partial charge in [0.2, 0.25) is 5.95 Å². The van der Waals surface area contributed by atoms with E-state index in [0.717, 1.165) is 0 Å². The van der Waals surface area contributed by atoms with E-state index in [4.69, 9.17) is 29.0 Å². The summed E-state index contributed by atoms with van der Waals surface area (Å²) in [6, 6.07) is 3.49. The van der Waals surface area contributed by atoms with Crippen LogP contribution in [0.2, 0.25) is 10.0 Å². The lowest BCUT2D eigenvalue weighted by Crippen LogP contribution is -2.10. The average Bonchev–Trinajstić information content (AvgIpc) is 2.35. The summed E-state index contributed by atoms with van der Waals surface area (Å²) in [6.45, 7) is 0. The second-order valence-electron chi connectivity index (χ2n) is 2.88. The third kappa shape index (κ3) is 2.98. The first kappa shape index (κ1) is 12.4. The van der Waals surface area contributed by atoms with Crippen molar-refractivity contribution in [1.29, 1.82) is 0 Å². The summed E-state index contributed by atoms with van der Waals surface area (Å²) in [6.07, 6.45) is 3.11. The van der Waals surface area contributed by atoms with Crippen LogP contribution in [0, 0.1) is 0 Å². The minimum atomic E-state index is 0.281. The maximum absolute atomic E-state index is 5.99. The Kier molecular flexibility index (Phi) is 4.01. The van der Waals surface area contributed by atoms with Crippen LogP contribution < -0.4 is 11.3 Å². The highest BCUT2D eigenvalue weighted by molar-refractivity contribution is 7.99. The summed E-state index contributed by atoms with van der Waals surface area (Å²) in [5.41, 5.74) is 2.35. The number of hydrogen-bond donors (Lipinski definition) is 2. The van der Waals surface area contributed by atoms with Crippen molar-refractivity contribution in [3.63, 3.8) is 0 Å². The predicted molar refractivity (Wildman–Crippen MR) is 68.2 cm³/mol. The van der Waals surface area contributed by atoms with E-state index in [2.05, 4.69) is 20.4 Å². The van der Waals surface area contributed by atoms with Gasteiger partial charge >= 0.3 is 0 Å². The first-order valence-corrected chi connectivity index (χ1v) is 6.05. The van der Waals surface area contributed by atoms with Crippen molar-refractivity contribution in [3.05, 3.63) is 34.6 Å². The van der Waals surface area contributed by atoms with Crippen LogP contribution in [0.3, 0.4) is 0 Å². The van der Waals surface area contributed by atoms with Crippen LogP contribution in [-0.4, -0.2) is 15.0 Å². The Morgan fingerprint density at radius 3 is 2.71 bits per heavy atom. The van der Waals surface area contributed by atoms with Gasteiger partial charge in [-0.15, -0.1) is 0 Å². The lowest BCUT2D eigenvalue weighted by atomic mass is 10.5. The fraction of sp³-hybridized carbons (Fsp3) is 0. The minimum absolute atomic E-state index is 0.281. The van der Waals surface area contributed by atoms with E-state index >= 15 is 0 Å². The van der Waals surface area contributed by atoms with Crippen molar-refractivity contribution >= 4 is 40.9 Å². The summed E-state index contributed by atoms with van der Waals surface area (Å²) < 4.78 is 0. The second-order valence-corrected chi connectivity index (χ2v) is 4.68. The Morgan fingerprint density at radius 2 is 2.00 bits per heavy atom. The van der Waals surface area contributed by atoms with Crippen LogP contribution >= 0.6 is 35.0 Å². The normalized spacial score (nSPS) is 10.3. The van der Waals surface area contributed by atoms with Crippen LogP contribution in [0.4, 0.5) is 5.95 Å². The molecule has 2 rings (SSSR count). The van der Waals surface area contributed by atoms with Gasteiger partial charge in [0.05, 0.1) is 16.2 Å². The Hall–Kier alpha value is -1.08. The van der Waals surface area contributed by atoms with E-state index in [0.29, 0.717) is 20.1 Å². The monoisotopic (exact) mass is 287 g/mol. The number of anilines is 1. The van der Waals surface area contributed by atoms with E-state index in [1.165, 1.54) is 18.0 Å². The molecule has 0 aliphatic rings. The number of rotatable bonds is 3. The van der Waals surface area contributed by atoms with Crippen molar-refractivity contribution in [2.75, 3.05) is 5.43 Å². The molecule has 0 aliphatic heterocycles. The molecule has 88 valence electrons. The molecule has 0 aliphatic carbocycles. The summed E-state index contributed by atoms with van der Waals surface area (Å²) in [5, 5.41) is 2.11. The number of nitrogens with one attached hydrogen (secondary N) is 1. The van der Waals surface area contributed by atoms with Gasteiger partial charge in [0.15, 0.2) is 0 Å². The highest BCUT2D eigenvalue weighted by atomic mass is 35.5. The van der Waals surface area contributed by atoms with E-state index in [1.54, 1.807) is 18.3 Å². The van der Waals surface area contributed by atoms with E-state index in [1.807, 2.05) is 0 Å². The molecule has 0 unspecified atom stereocenters. The summed E-state index contributed by atoms with van der Waals surface area (Å²) >= 11 is 13.2. The minimum Gasteiger partial charge on any atom is -0.292 e. The smallest absolute Gasteiger partial charge is 0.238 e. The summed E-state index contributed by atoms with van der Waals surface area (Å²) in [7, 11) is 0. The molecule has 0 fully saturated rings. The molecular formula is C9H7Cl2N5S. The molecule has 0 saturated heterocycles. The third-order valence-electron chi connectivity index (χ3n) is 1.76. The quantitative estimate of drug-likeness (QED) is 0.513. The summed E-state index contributed by atoms with van der Waals surface area (Å²) in [4.78, 5) is 12.1. The standard InChI is InChI=1S/C9H7Cl2N5S/c10-5-2-1-3-13-7(5)17-8-6(11)4-14-9(15-8)16-12/h1-4H,12H2,(H,14,15,16). The maximum atomic E-state index is 5.99. The van der Waals surface area contributed by atoms with Gasteiger partial charge in [-0.2, -0.15) is 0 Å². The van der Waals surface area contributed by atoms with E-state index in [-0.39, 0.29) is 5.95 Å². The number of nitrogens with zero attached hydrogens (tertiary/aromatic N) is 3. The largest absolute Gasteiger partial charge is 0.292 e. The zero-order valence-corrected chi connectivity index (χ0v) is 10.7. The Labute approximate surface area is 112 Å². The van der Waals surface area contributed by atoms with Crippen LogP contribution in [0.1, 0.15) is 0 Å². The summed E-state index contributed by atoms with van der Waals surface area (Å²) in [5.74, 6) is 5.50. The first-order valence-electron chi connectivity index (χ1n) is 4.48. The molecule has 0 saturated carbocycles. The number of nitrogens with two attached hydrogens (primary N) is 1. The Bertz CT molecular complexity index is 537. The van der Waals surface area contributed by atoms with Gasteiger partial charge in [-0.1, -0.05) is 23.2 Å². The molecule has 2 aromatic rings. The van der Waals surface area contributed by atoms with Gasteiger partial charge in [0.25, 0.3) is 0 Å². The molecule has 2 aromatic heterocycles. The van der Waals surface area contributed by atoms with Crippen molar-refractivity contribution in [3.8, 4) is 0 Å². The molecule has 0 bridgehead atoms. The van der Waals surface area contributed by atoms with Crippen molar-refractivity contribution in [1.82, 2.24) is 15.0 Å². The van der Waals surface area contributed by atoms with Crippen LogP contribution in [0.25, 0.3) is 0 Å². The van der Waals surface area contributed by atoms with Crippen LogP contribution in [0.15, 0.2) is 34.6 Å². The fourth-order valence-corrected chi connectivity index (χ4v) is 2.22. The molecule has 2 heterocycles. The highest BCUT2D eigenvalue weighted by Crippen LogP contribution is 2.34. The van der Waals surface area contributed by atoms with Gasteiger partial charge in [-0.25, -0.2) is 20.8 Å². The number of nitrogen functional groups attached to an aromatic ring is 1. The topological polar surface area (TPSA) is 76.7 Å². The Balaban J connectivity index is 2.32. The number of hydrogen-bond acceptors (Lipinski definition) is 6. The number of hydrazine groups is 1. The number of halogens is 2. The highest BCUT2D eigenvalue weighted by Gasteiger charge is 2.10. The molecule has 3 N–H and O–H groups in total. The SMILES string of the molecule is NNc1ncc(Cl)c(Sc2ncccc2Cl)n1. The molecular weight excluding hydrogens is 281 g/mol. The predicted octanol–water partition coefficient (Wildman–Crippen LogP) is 2.62. The zero-order chi connectivity index (χ0) is 12.3. The first-order chi connectivity index (χ1) is 8.20. The van der Waals surface area contributed by atoms with Crippen LogP contribution in [-0.2, 0) is 0 Å². The van der Waals surface area contributed by atoms with Crippen molar-refractivity contribution < 1.29 is 0 Å². The molecule has 0 radical (unpaired) electrons. The molecule has 5 nitrogen and oxygen atoms in total. The molecule has 17 heavy (non-hydrogen) atoms. The van der Waals surface area contributed by atoms with Gasteiger partial charge in [0, 0.05) is 6.20 Å². The lowest BCUT2D eigenvalue weighted by molar-refractivity contribution is 1.02. The van der Waals surface area contributed by atoms with Crippen LogP contribution in [0.5, 0.6) is 0 Å². The molecule has 0 amide bonds. The maximum Gasteiger partial charge on any atom is 0.238 e. The molecule has 8 heteroatoms. The Morgan fingerprint density at radius 1 is 1.18 bits per heavy atom. The van der Waals surface area contributed by atoms with Gasteiger partial charge in [0.1, 0.15) is 10.1 Å². The third-order valence-corrected chi connectivity index (χ3v) is 3.59.